The first-order valence-electron chi connectivity index (χ1n) is 8.20. The first-order chi connectivity index (χ1) is 9.74. The van der Waals surface area contributed by atoms with E-state index >= 15 is 0 Å². The predicted molar refractivity (Wildman–Crippen MR) is 85.2 cm³/mol. The summed E-state index contributed by atoms with van der Waals surface area (Å²) < 4.78 is 5.54. The minimum atomic E-state index is 0.503. The molecule has 0 heterocycles. The second-order valence-corrected chi connectivity index (χ2v) is 6.06. The van der Waals surface area contributed by atoms with E-state index in [9.17, 15) is 0 Å². The molecule has 1 saturated carbocycles. The van der Waals surface area contributed by atoms with Crippen molar-refractivity contribution in [2.45, 2.75) is 52.5 Å². The smallest absolute Gasteiger partial charge is 0.119 e. The number of hydrogen-bond acceptors (Lipinski definition) is 2. The van der Waals surface area contributed by atoms with Crippen LogP contribution in [0.3, 0.4) is 0 Å². The standard InChI is InChI=1S/C18H29NO/c1-4-19-18(15-8-6-14(3)7-9-15)16-10-12-17(13-11-16)20-5-2/h10-15,18-19H,4-9H2,1-3H3. The summed E-state index contributed by atoms with van der Waals surface area (Å²) in [5.41, 5.74) is 1.41. The topological polar surface area (TPSA) is 21.3 Å². The Morgan fingerprint density at radius 1 is 1.10 bits per heavy atom. The molecule has 1 atom stereocenters. The number of ether oxygens (including phenoxy) is 1. The van der Waals surface area contributed by atoms with Gasteiger partial charge in [0.1, 0.15) is 5.75 Å². The summed E-state index contributed by atoms with van der Waals surface area (Å²) in [5.74, 6) is 2.67. The number of rotatable bonds is 6. The van der Waals surface area contributed by atoms with Crippen LogP contribution in [0, 0.1) is 11.8 Å². The van der Waals surface area contributed by atoms with Gasteiger partial charge in [0, 0.05) is 6.04 Å². The predicted octanol–water partition coefficient (Wildman–Crippen LogP) is 4.56. The second-order valence-electron chi connectivity index (χ2n) is 6.06. The SMILES string of the molecule is CCNC(c1ccc(OCC)cc1)C1CCC(C)CC1. The summed E-state index contributed by atoms with van der Waals surface area (Å²) in [5, 5.41) is 3.69. The zero-order valence-electron chi connectivity index (χ0n) is 13.2. The van der Waals surface area contributed by atoms with Gasteiger partial charge in [-0.25, -0.2) is 0 Å². The van der Waals surface area contributed by atoms with E-state index in [1.807, 2.05) is 6.92 Å². The Bertz CT molecular complexity index is 379. The van der Waals surface area contributed by atoms with Crippen molar-refractivity contribution in [2.75, 3.05) is 13.2 Å². The van der Waals surface area contributed by atoms with Crippen LogP contribution in [0.2, 0.25) is 0 Å². The molecule has 1 N–H and O–H groups in total. The fourth-order valence-electron chi connectivity index (χ4n) is 3.33. The average molecular weight is 275 g/mol. The summed E-state index contributed by atoms with van der Waals surface area (Å²) in [4.78, 5) is 0. The molecular weight excluding hydrogens is 246 g/mol. The summed E-state index contributed by atoms with van der Waals surface area (Å²) >= 11 is 0. The highest BCUT2D eigenvalue weighted by Crippen LogP contribution is 2.37. The lowest BCUT2D eigenvalue weighted by Crippen LogP contribution is -2.30. The molecule has 1 aliphatic rings. The molecule has 1 aromatic rings. The molecule has 2 nitrogen and oxygen atoms in total. The largest absolute Gasteiger partial charge is 0.494 e. The maximum Gasteiger partial charge on any atom is 0.119 e. The lowest BCUT2D eigenvalue weighted by molar-refractivity contribution is 0.233. The van der Waals surface area contributed by atoms with Gasteiger partial charge in [0.25, 0.3) is 0 Å². The van der Waals surface area contributed by atoms with E-state index in [4.69, 9.17) is 4.74 Å². The molecule has 112 valence electrons. The molecule has 20 heavy (non-hydrogen) atoms. The van der Waals surface area contributed by atoms with Crippen LogP contribution in [0.15, 0.2) is 24.3 Å². The van der Waals surface area contributed by atoms with Gasteiger partial charge in [0.05, 0.1) is 6.61 Å². The van der Waals surface area contributed by atoms with Crippen molar-refractivity contribution >= 4 is 0 Å². The number of benzene rings is 1. The molecule has 0 aromatic heterocycles. The van der Waals surface area contributed by atoms with Crippen LogP contribution < -0.4 is 10.1 Å². The van der Waals surface area contributed by atoms with E-state index in [1.54, 1.807) is 0 Å². The van der Waals surface area contributed by atoms with E-state index < -0.39 is 0 Å². The van der Waals surface area contributed by atoms with Crippen molar-refractivity contribution < 1.29 is 4.74 Å². The van der Waals surface area contributed by atoms with Crippen LogP contribution in [-0.4, -0.2) is 13.2 Å². The minimum Gasteiger partial charge on any atom is -0.494 e. The van der Waals surface area contributed by atoms with E-state index in [2.05, 4.69) is 43.4 Å². The van der Waals surface area contributed by atoms with Gasteiger partial charge in [0.15, 0.2) is 0 Å². The summed E-state index contributed by atoms with van der Waals surface area (Å²) in [6.07, 6.45) is 5.46. The maximum absolute atomic E-state index is 5.54. The molecule has 1 unspecified atom stereocenters. The highest BCUT2D eigenvalue weighted by molar-refractivity contribution is 5.29. The molecule has 0 spiro atoms. The summed E-state index contributed by atoms with van der Waals surface area (Å²) in [6, 6.07) is 9.18. The van der Waals surface area contributed by atoms with Gasteiger partial charge in [-0.3, -0.25) is 0 Å². The third-order valence-electron chi connectivity index (χ3n) is 4.51. The van der Waals surface area contributed by atoms with E-state index in [0.717, 1.165) is 30.7 Å². The fraction of sp³-hybridized carbons (Fsp3) is 0.667. The molecule has 0 saturated heterocycles. The lowest BCUT2D eigenvalue weighted by Gasteiger charge is -2.33. The molecular formula is C18H29NO. The minimum absolute atomic E-state index is 0.503. The van der Waals surface area contributed by atoms with E-state index in [-0.39, 0.29) is 0 Å². The third-order valence-corrected chi connectivity index (χ3v) is 4.51. The van der Waals surface area contributed by atoms with E-state index in [1.165, 1.54) is 31.2 Å². The Hall–Kier alpha value is -1.02. The molecule has 0 bridgehead atoms. The van der Waals surface area contributed by atoms with Crippen LogP contribution in [0.5, 0.6) is 5.75 Å². The molecule has 0 radical (unpaired) electrons. The monoisotopic (exact) mass is 275 g/mol. The normalized spacial score (nSPS) is 24.4. The Morgan fingerprint density at radius 2 is 1.75 bits per heavy atom. The zero-order chi connectivity index (χ0) is 14.4. The summed E-state index contributed by atoms with van der Waals surface area (Å²) in [7, 11) is 0. The Labute approximate surface area is 123 Å². The Kier molecular flexibility index (Phi) is 5.90. The first-order valence-corrected chi connectivity index (χ1v) is 8.20. The Balaban J connectivity index is 2.07. The van der Waals surface area contributed by atoms with Gasteiger partial charge in [0.2, 0.25) is 0 Å². The van der Waals surface area contributed by atoms with Crippen molar-refractivity contribution in [3.8, 4) is 5.75 Å². The van der Waals surface area contributed by atoms with Crippen molar-refractivity contribution in [1.29, 1.82) is 0 Å². The molecule has 1 aliphatic carbocycles. The fourth-order valence-corrected chi connectivity index (χ4v) is 3.33. The number of nitrogens with one attached hydrogen (secondary N) is 1. The van der Waals surface area contributed by atoms with Gasteiger partial charge in [-0.15, -0.1) is 0 Å². The number of hydrogen-bond donors (Lipinski definition) is 1. The van der Waals surface area contributed by atoms with Crippen molar-refractivity contribution in [2.24, 2.45) is 11.8 Å². The quantitative estimate of drug-likeness (QED) is 0.821. The zero-order valence-corrected chi connectivity index (χ0v) is 13.2. The van der Waals surface area contributed by atoms with Gasteiger partial charge >= 0.3 is 0 Å². The molecule has 0 amide bonds. The van der Waals surface area contributed by atoms with Crippen LogP contribution >= 0.6 is 0 Å². The summed E-state index contributed by atoms with van der Waals surface area (Å²) in [6.45, 7) is 8.38. The Morgan fingerprint density at radius 3 is 2.30 bits per heavy atom. The van der Waals surface area contributed by atoms with Gasteiger partial charge in [-0.1, -0.05) is 38.8 Å². The molecule has 2 heteroatoms. The maximum atomic E-state index is 5.54. The lowest BCUT2D eigenvalue weighted by atomic mass is 9.77. The molecule has 0 aliphatic heterocycles. The first kappa shape index (κ1) is 15.4. The van der Waals surface area contributed by atoms with Gasteiger partial charge in [-0.05, 0) is 55.8 Å². The van der Waals surface area contributed by atoms with Crippen LogP contribution in [0.4, 0.5) is 0 Å². The van der Waals surface area contributed by atoms with Crippen molar-refractivity contribution in [1.82, 2.24) is 5.32 Å². The highest BCUT2D eigenvalue weighted by atomic mass is 16.5. The molecule has 1 fully saturated rings. The highest BCUT2D eigenvalue weighted by Gasteiger charge is 2.26. The van der Waals surface area contributed by atoms with Crippen LogP contribution in [0.25, 0.3) is 0 Å². The van der Waals surface area contributed by atoms with Crippen LogP contribution in [0.1, 0.15) is 58.1 Å². The molecule has 2 rings (SSSR count). The van der Waals surface area contributed by atoms with Gasteiger partial charge in [-0.2, -0.15) is 0 Å². The third kappa shape index (κ3) is 3.99. The van der Waals surface area contributed by atoms with Crippen molar-refractivity contribution in [3.63, 3.8) is 0 Å². The molecule has 1 aromatic carbocycles. The van der Waals surface area contributed by atoms with Crippen molar-refractivity contribution in [3.05, 3.63) is 29.8 Å². The van der Waals surface area contributed by atoms with Gasteiger partial charge < -0.3 is 10.1 Å². The van der Waals surface area contributed by atoms with E-state index in [0.29, 0.717) is 6.04 Å². The van der Waals surface area contributed by atoms with Crippen LogP contribution in [-0.2, 0) is 0 Å². The second kappa shape index (κ2) is 7.68. The average Bonchev–Trinajstić information content (AvgIpc) is 2.47.